The average molecular weight is 251 g/mol. The van der Waals surface area contributed by atoms with E-state index in [9.17, 15) is 14.0 Å². The molecule has 1 unspecified atom stereocenters. The summed E-state index contributed by atoms with van der Waals surface area (Å²) in [7, 11) is 2.32. The Labute approximate surface area is 103 Å². The Balaban J connectivity index is 3.11. The highest BCUT2D eigenvalue weighted by Crippen LogP contribution is 2.23. The summed E-state index contributed by atoms with van der Waals surface area (Å²) >= 11 is 0. The lowest BCUT2D eigenvalue weighted by Crippen LogP contribution is -2.22. The van der Waals surface area contributed by atoms with E-state index in [-0.39, 0.29) is 11.3 Å². The van der Waals surface area contributed by atoms with E-state index >= 15 is 0 Å². The average Bonchev–Trinajstić information content (AvgIpc) is 2.38. The van der Waals surface area contributed by atoms with Crippen molar-refractivity contribution in [3.8, 4) is 11.8 Å². The summed E-state index contributed by atoms with van der Waals surface area (Å²) in [4.78, 5) is 22.6. The Morgan fingerprint density at radius 3 is 2.50 bits per heavy atom. The molecule has 94 valence electrons. The van der Waals surface area contributed by atoms with E-state index in [1.54, 1.807) is 6.07 Å². The zero-order valence-corrected chi connectivity index (χ0v) is 9.77. The third-order valence-corrected chi connectivity index (χ3v) is 2.29. The minimum atomic E-state index is -1.39. The van der Waals surface area contributed by atoms with E-state index in [1.807, 2.05) is 0 Å². The van der Waals surface area contributed by atoms with Gasteiger partial charge in [-0.05, 0) is 17.7 Å². The summed E-state index contributed by atoms with van der Waals surface area (Å²) in [6.45, 7) is 0. The number of methoxy groups -OCH3 is 2. The number of carbonyl (C=O) groups is 2. The van der Waals surface area contributed by atoms with Crippen molar-refractivity contribution in [2.24, 2.45) is 0 Å². The van der Waals surface area contributed by atoms with Crippen molar-refractivity contribution >= 4 is 11.8 Å². The predicted molar refractivity (Wildman–Crippen MR) is 58.3 cm³/mol. The van der Waals surface area contributed by atoms with Gasteiger partial charge in [0.25, 0.3) is 5.78 Å². The third kappa shape index (κ3) is 2.63. The molecule has 0 fully saturated rings. The molecule has 1 atom stereocenters. The molecule has 0 saturated heterocycles. The largest absolute Gasteiger partial charge is 0.494 e. The molecule has 18 heavy (non-hydrogen) atoms. The van der Waals surface area contributed by atoms with Gasteiger partial charge >= 0.3 is 5.97 Å². The number of ketones is 1. The van der Waals surface area contributed by atoms with Crippen molar-refractivity contribution in [1.82, 2.24) is 0 Å². The van der Waals surface area contributed by atoms with E-state index < -0.39 is 23.5 Å². The number of benzene rings is 1. The quantitative estimate of drug-likeness (QED) is 0.593. The van der Waals surface area contributed by atoms with E-state index in [0.717, 1.165) is 13.2 Å². The van der Waals surface area contributed by atoms with Gasteiger partial charge in [0.05, 0.1) is 20.3 Å². The van der Waals surface area contributed by atoms with Crippen LogP contribution in [-0.2, 0) is 14.3 Å². The Hall–Kier alpha value is -2.42. The fourth-order valence-electron chi connectivity index (χ4n) is 1.37. The molecule has 1 rings (SSSR count). The summed E-state index contributed by atoms with van der Waals surface area (Å²) in [6, 6.07) is 5.24. The molecule has 0 heterocycles. The normalized spacial score (nSPS) is 11.2. The second kappa shape index (κ2) is 5.77. The predicted octanol–water partition coefficient (Wildman–Crippen LogP) is 1.18. The maximum absolute atomic E-state index is 13.4. The molecule has 0 amide bonds. The van der Waals surface area contributed by atoms with Crippen LogP contribution in [-0.4, -0.2) is 26.0 Å². The van der Waals surface area contributed by atoms with Crippen LogP contribution in [0.5, 0.6) is 5.75 Å². The molecule has 0 aliphatic carbocycles. The zero-order valence-electron chi connectivity index (χ0n) is 9.77. The number of nitriles is 1. The number of esters is 1. The summed E-state index contributed by atoms with van der Waals surface area (Å²) in [5, 5.41) is 8.88. The third-order valence-electron chi connectivity index (χ3n) is 2.29. The smallest absolute Gasteiger partial charge is 0.376 e. The maximum Gasteiger partial charge on any atom is 0.376 e. The number of Topliss-reactive ketones (excluding diaryl/α,β-unsaturated/α-hetero) is 1. The summed E-state index contributed by atoms with van der Waals surface area (Å²) in [6.07, 6.45) is 0. The molecule has 0 radical (unpaired) electrons. The Morgan fingerprint density at radius 1 is 1.39 bits per heavy atom. The lowest BCUT2D eigenvalue weighted by Gasteiger charge is -2.08. The summed E-state index contributed by atoms with van der Waals surface area (Å²) in [5.74, 6) is -4.30. The van der Waals surface area contributed by atoms with Gasteiger partial charge in [-0.3, -0.25) is 4.79 Å². The molecule has 0 aromatic heterocycles. The van der Waals surface area contributed by atoms with Crippen LogP contribution in [0.4, 0.5) is 4.39 Å². The molecule has 1 aromatic rings. The monoisotopic (exact) mass is 251 g/mol. The molecule has 0 aliphatic rings. The van der Waals surface area contributed by atoms with Gasteiger partial charge in [-0.15, -0.1) is 0 Å². The minimum absolute atomic E-state index is 0.0130. The lowest BCUT2D eigenvalue weighted by molar-refractivity contribution is -0.151. The van der Waals surface area contributed by atoms with E-state index in [0.29, 0.717) is 0 Å². The standard InChI is InChI=1S/C12H10FNO4/c1-17-10-4-3-7(5-9(10)13)8(6-14)11(15)12(16)18-2/h3-5,8H,1-2H3. The van der Waals surface area contributed by atoms with Crippen molar-refractivity contribution in [3.63, 3.8) is 0 Å². The van der Waals surface area contributed by atoms with E-state index in [1.165, 1.54) is 19.2 Å². The number of hydrogen-bond donors (Lipinski definition) is 0. The lowest BCUT2D eigenvalue weighted by atomic mass is 9.96. The Kier molecular flexibility index (Phi) is 4.38. The van der Waals surface area contributed by atoms with Gasteiger partial charge in [0.15, 0.2) is 11.6 Å². The first kappa shape index (κ1) is 13.6. The number of nitrogens with zero attached hydrogens (tertiary/aromatic N) is 1. The van der Waals surface area contributed by atoms with E-state index in [4.69, 9.17) is 10.00 Å². The number of rotatable bonds is 4. The Bertz CT molecular complexity index is 521. The van der Waals surface area contributed by atoms with Crippen LogP contribution >= 0.6 is 0 Å². The molecular weight excluding hydrogens is 241 g/mol. The highest BCUT2D eigenvalue weighted by molar-refractivity contribution is 6.36. The van der Waals surface area contributed by atoms with Gasteiger partial charge in [-0.2, -0.15) is 5.26 Å². The van der Waals surface area contributed by atoms with Crippen molar-refractivity contribution < 1.29 is 23.5 Å². The van der Waals surface area contributed by atoms with Gasteiger partial charge < -0.3 is 9.47 Å². The van der Waals surface area contributed by atoms with Gasteiger partial charge in [0, 0.05) is 0 Å². The Morgan fingerprint density at radius 2 is 2.06 bits per heavy atom. The molecular formula is C12H10FNO4. The highest BCUT2D eigenvalue weighted by Gasteiger charge is 2.28. The summed E-state index contributed by atoms with van der Waals surface area (Å²) < 4.78 is 22.4. The van der Waals surface area contributed by atoms with Crippen LogP contribution in [0, 0.1) is 17.1 Å². The minimum Gasteiger partial charge on any atom is -0.494 e. The van der Waals surface area contributed by atoms with Crippen LogP contribution in [0.3, 0.4) is 0 Å². The van der Waals surface area contributed by atoms with E-state index in [2.05, 4.69) is 4.74 Å². The van der Waals surface area contributed by atoms with Crippen molar-refractivity contribution in [2.45, 2.75) is 5.92 Å². The van der Waals surface area contributed by atoms with Crippen molar-refractivity contribution in [2.75, 3.05) is 14.2 Å². The molecule has 0 saturated carbocycles. The van der Waals surface area contributed by atoms with Crippen molar-refractivity contribution in [1.29, 1.82) is 5.26 Å². The topological polar surface area (TPSA) is 76.4 Å². The molecule has 6 heteroatoms. The number of ether oxygens (including phenoxy) is 2. The first-order valence-electron chi connectivity index (χ1n) is 4.90. The molecule has 0 spiro atoms. The van der Waals surface area contributed by atoms with Gasteiger partial charge in [0.1, 0.15) is 5.92 Å². The first-order chi connectivity index (χ1) is 8.54. The van der Waals surface area contributed by atoms with Gasteiger partial charge in [0.2, 0.25) is 0 Å². The fraction of sp³-hybridized carbons (Fsp3) is 0.250. The molecule has 0 bridgehead atoms. The SMILES string of the molecule is COC(=O)C(=O)C(C#N)c1ccc(OC)c(F)c1. The van der Waals surface area contributed by atoms with Crippen LogP contribution in [0.15, 0.2) is 18.2 Å². The molecule has 5 nitrogen and oxygen atoms in total. The second-order valence-electron chi connectivity index (χ2n) is 3.31. The summed E-state index contributed by atoms with van der Waals surface area (Å²) in [5.41, 5.74) is 0.0752. The maximum atomic E-state index is 13.4. The first-order valence-corrected chi connectivity index (χ1v) is 4.90. The molecule has 0 N–H and O–H groups in total. The van der Waals surface area contributed by atoms with Crippen LogP contribution < -0.4 is 4.74 Å². The van der Waals surface area contributed by atoms with Crippen LogP contribution in [0.2, 0.25) is 0 Å². The van der Waals surface area contributed by atoms with Crippen LogP contribution in [0.25, 0.3) is 0 Å². The number of hydrogen-bond acceptors (Lipinski definition) is 5. The van der Waals surface area contributed by atoms with Gasteiger partial charge in [-0.1, -0.05) is 6.07 Å². The fourth-order valence-corrected chi connectivity index (χ4v) is 1.37. The molecule has 0 aliphatic heterocycles. The highest BCUT2D eigenvalue weighted by atomic mass is 19.1. The number of carbonyl (C=O) groups excluding carboxylic acids is 2. The van der Waals surface area contributed by atoms with Crippen LogP contribution in [0.1, 0.15) is 11.5 Å². The number of halogens is 1. The van der Waals surface area contributed by atoms with Gasteiger partial charge in [-0.25, -0.2) is 9.18 Å². The second-order valence-corrected chi connectivity index (χ2v) is 3.31. The van der Waals surface area contributed by atoms with Crippen molar-refractivity contribution in [3.05, 3.63) is 29.6 Å². The molecule has 1 aromatic carbocycles. The zero-order chi connectivity index (χ0) is 13.7.